The van der Waals surface area contributed by atoms with Crippen LogP contribution in [0.2, 0.25) is 0 Å². The fourth-order valence-electron chi connectivity index (χ4n) is 1.76. The second-order valence-corrected chi connectivity index (χ2v) is 3.66. The van der Waals surface area contributed by atoms with Gasteiger partial charge in [-0.15, -0.1) is 0 Å². The van der Waals surface area contributed by atoms with E-state index in [0.717, 1.165) is 18.4 Å². The van der Waals surface area contributed by atoms with Crippen LogP contribution >= 0.6 is 0 Å². The van der Waals surface area contributed by atoms with Gasteiger partial charge in [-0.2, -0.15) is 0 Å². The number of nitrogens with one attached hydrogen (secondary N) is 1. The van der Waals surface area contributed by atoms with Crippen LogP contribution in [0.25, 0.3) is 0 Å². The second kappa shape index (κ2) is 3.80. The lowest BCUT2D eigenvalue weighted by Crippen LogP contribution is -2.46. The Hall–Kier alpha value is -1.35. The SMILES string of the molecule is N[C@H]1CC[C@@H](c2ccccc2)NC1=O. The van der Waals surface area contributed by atoms with Crippen LogP contribution in [0.3, 0.4) is 0 Å². The third kappa shape index (κ3) is 1.77. The normalized spacial score (nSPS) is 27.1. The highest BCUT2D eigenvalue weighted by Gasteiger charge is 2.25. The molecule has 1 saturated heterocycles. The number of nitrogens with two attached hydrogens (primary N) is 1. The van der Waals surface area contributed by atoms with Crippen LogP contribution in [0.4, 0.5) is 0 Å². The van der Waals surface area contributed by atoms with E-state index in [1.165, 1.54) is 0 Å². The van der Waals surface area contributed by atoms with E-state index in [0.29, 0.717) is 0 Å². The number of hydrogen-bond acceptors (Lipinski definition) is 2. The predicted molar refractivity (Wildman–Crippen MR) is 54.5 cm³/mol. The first-order valence-electron chi connectivity index (χ1n) is 4.88. The van der Waals surface area contributed by atoms with E-state index < -0.39 is 0 Å². The van der Waals surface area contributed by atoms with E-state index >= 15 is 0 Å². The summed E-state index contributed by atoms with van der Waals surface area (Å²) in [4.78, 5) is 11.3. The van der Waals surface area contributed by atoms with Crippen LogP contribution < -0.4 is 11.1 Å². The first-order valence-corrected chi connectivity index (χ1v) is 4.88. The maximum atomic E-state index is 11.3. The second-order valence-electron chi connectivity index (χ2n) is 3.66. The number of hydrogen-bond donors (Lipinski definition) is 2. The van der Waals surface area contributed by atoms with Crippen molar-refractivity contribution in [3.8, 4) is 0 Å². The van der Waals surface area contributed by atoms with Gasteiger partial charge in [0.15, 0.2) is 0 Å². The number of carbonyl (C=O) groups excluding carboxylic acids is 1. The van der Waals surface area contributed by atoms with Gasteiger partial charge in [0.1, 0.15) is 0 Å². The molecule has 1 heterocycles. The molecule has 2 atom stereocenters. The molecule has 1 amide bonds. The molecule has 0 spiro atoms. The van der Waals surface area contributed by atoms with E-state index in [1.54, 1.807) is 0 Å². The summed E-state index contributed by atoms with van der Waals surface area (Å²) >= 11 is 0. The van der Waals surface area contributed by atoms with Gasteiger partial charge < -0.3 is 11.1 Å². The van der Waals surface area contributed by atoms with Gasteiger partial charge >= 0.3 is 0 Å². The van der Waals surface area contributed by atoms with Crippen LogP contribution in [0.15, 0.2) is 30.3 Å². The first kappa shape index (κ1) is 9.21. The zero-order valence-corrected chi connectivity index (χ0v) is 7.94. The Morgan fingerprint density at radius 1 is 1.21 bits per heavy atom. The smallest absolute Gasteiger partial charge is 0.237 e. The summed E-state index contributed by atoms with van der Waals surface area (Å²) in [5.74, 6) is -0.0369. The topological polar surface area (TPSA) is 55.1 Å². The van der Waals surface area contributed by atoms with Gasteiger partial charge in [0.25, 0.3) is 0 Å². The van der Waals surface area contributed by atoms with Gasteiger partial charge in [-0.3, -0.25) is 4.79 Å². The molecule has 1 aromatic rings. The monoisotopic (exact) mass is 190 g/mol. The van der Waals surface area contributed by atoms with Gasteiger partial charge in [-0.25, -0.2) is 0 Å². The Kier molecular flexibility index (Phi) is 2.50. The van der Waals surface area contributed by atoms with E-state index in [4.69, 9.17) is 5.73 Å². The van der Waals surface area contributed by atoms with Gasteiger partial charge in [0.2, 0.25) is 5.91 Å². The van der Waals surface area contributed by atoms with Crippen molar-refractivity contribution < 1.29 is 4.79 Å². The highest BCUT2D eigenvalue weighted by atomic mass is 16.2. The molecule has 0 unspecified atom stereocenters. The lowest BCUT2D eigenvalue weighted by Gasteiger charge is -2.27. The molecule has 0 aromatic heterocycles. The average molecular weight is 190 g/mol. The maximum Gasteiger partial charge on any atom is 0.237 e. The zero-order valence-electron chi connectivity index (χ0n) is 7.94. The van der Waals surface area contributed by atoms with Crippen molar-refractivity contribution in [2.24, 2.45) is 5.73 Å². The molecule has 0 aliphatic carbocycles. The standard InChI is InChI=1S/C11H14N2O/c12-9-6-7-10(13-11(9)14)8-4-2-1-3-5-8/h1-5,9-10H,6-7,12H2,(H,13,14)/t9-,10-/m0/s1. The summed E-state index contributed by atoms with van der Waals surface area (Å²) in [6.45, 7) is 0. The first-order chi connectivity index (χ1) is 6.77. The molecule has 3 heteroatoms. The zero-order chi connectivity index (χ0) is 9.97. The highest BCUT2D eigenvalue weighted by Crippen LogP contribution is 2.22. The number of piperidine rings is 1. The Morgan fingerprint density at radius 2 is 1.93 bits per heavy atom. The number of rotatable bonds is 1. The third-order valence-electron chi connectivity index (χ3n) is 2.62. The lowest BCUT2D eigenvalue weighted by molar-refractivity contribution is -0.124. The molecule has 1 aromatic carbocycles. The average Bonchev–Trinajstić information content (AvgIpc) is 2.23. The Balaban J connectivity index is 2.11. The highest BCUT2D eigenvalue weighted by molar-refractivity contribution is 5.82. The molecule has 1 aliphatic heterocycles. The summed E-state index contributed by atoms with van der Waals surface area (Å²) in [6.07, 6.45) is 1.70. The van der Waals surface area contributed by atoms with E-state index in [2.05, 4.69) is 5.32 Å². The third-order valence-corrected chi connectivity index (χ3v) is 2.62. The van der Waals surface area contributed by atoms with E-state index in [-0.39, 0.29) is 18.0 Å². The molecule has 0 bridgehead atoms. The number of amides is 1. The van der Waals surface area contributed by atoms with Crippen LogP contribution in [0, 0.1) is 0 Å². The van der Waals surface area contributed by atoms with Crippen molar-refractivity contribution in [2.45, 2.75) is 24.9 Å². The lowest BCUT2D eigenvalue weighted by atomic mass is 9.95. The fourth-order valence-corrected chi connectivity index (χ4v) is 1.76. The summed E-state index contributed by atoms with van der Waals surface area (Å²) in [5.41, 5.74) is 6.77. The molecule has 14 heavy (non-hydrogen) atoms. The Bertz CT molecular complexity index is 323. The van der Waals surface area contributed by atoms with Gasteiger partial charge in [-0.05, 0) is 18.4 Å². The molecule has 74 valence electrons. The molecule has 2 rings (SSSR count). The van der Waals surface area contributed by atoms with Gasteiger partial charge in [0, 0.05) is 0 Å². The van der Waals surface area contributed by atoms with Crippen LogP contribution in [0.5, 0.6) is 0 Å². The number of carbonyl (C=O) groups is 1. The van der Waals surface area contributed by atoms with Crippen molar-refractivity contribution >= 4 is 5.91 Å². The molecule has 1 fully saturated rings. The molecule has 1 aliphatic rings. The summed E-state index contributed by atoms with van der Waals surface area (Å²) in [5, 5.41) is 2.92. The minimum absolute atomic E-state index is 0.0369. The summed E-state index contributed by atoms with van der Waals surface area (Å²) in [7, 11) is 0. The largest absolute Gasteiger partial charge is 0.348 e. The molecule has 3 N–H and O–H groups in total. The summed E-state index contributed by atoms with van der Waals surface area (Å²) in [6, 6.07) is 9.81. The van der Waals surface area contributed by atoms with Crippen LogP contribution in [0.1, 0.15) is 24.4 Å². The van der Waals surface area contributed by atoms with Crippen molar-refractivity contribution in [3.05, 3.63) is 35.9 Å². The molecule has 3 nitrogen and oxygen atoms in total. The van der Waals surface area contributed by atoms with Crippen LogP contribution in [-0.4, -0.2) is 11.9 Å². The van der Waals surface area contributed by atoms with Crippen molar-refractivity contribution in [1.82, 2.24) is 5.32 Å². The van der Waals surface area contributed by atoms with E-state index in [9.17, 15) is 4.79 Å². The van der Waals surface area contributed by atoms with E-state index in [1.807, 2.05) is 30.3 Å². The quantitative estimate of drug-likeness (QED) is 0.693. The maximum absolute atomic E-state index is 11.3. The molecule has 0 saturated carbocycles. The number of benzene rings is 1. The van der Waals surface area contributed by atoms with Gasteiger partial charge in [-0.1, -0.05) is 30.3 Å². The summed E-state index contributed by atoms with van der Waals surface area (Å²) < 4.78 is 0. The molecular weight excluding hydrogens is 176 g/mol. The van der Waals surface area contributed by atoms with Crippen LogP contribution in [-0.2, 0) is 4.79 Å². The minimum atomic E-state index is -0.324. The van der Waals surface area contributed by atoms with Crippen molar-refractivity contribution in [1.29, 1.82) is 0 Å². The minimum Gasteiger partial charge on any atom is -0.348 e. The fraction of sp³-hybridized carbons (Fsp3) is 0.364. The predicted octanol–water partition coefficient (Wildman–Crippen LogP) is 0.965. The molecule has 0 radical (unpaired) electrons. The Morgan fingerprint density at radius 3 is 2.57 bits per heavy atom. The van der Waals surface area contributed by atoms with Crippen molar-refractivity contribution in [3.63, 3.8) is 0 Å². The van der Waals surface area contributed by atoms with Crippen molar-refractivity contribution in [2.75, 3.05) is 0 Å². The Labute approximate surface area is 83.3 Å². The van der Waals surface area contributed by atoms with Gasteiger partial charge in [0.05, 0.1) is 12.1 Å². The molecular formula is C11H14N2O.